The summed E-state index contributed by atoms with van der Waals surface area (Å²) in [6, 6.07) is 7.25. The lowest BCUT2D eigenvalue weighted by Crippen LogP contribution is -2.33. The summed E-state index contributed by atoms with van der Waals surface area (Å²) in [4.78, 5) is 1.63. The predicted octanol–water partition coefficient (Wildman–Crippen LogP) is 3.33. The van der Waals surface area contributed by atoms with Crippen LogP contribution in [-0.4, -0.2) is 31.2 Å². The van der Waals surface area contributed by atoms with Crippen LogP contribution in [0.25, 0.3) is 0 Å². The predicted molar refractivity (Wildman–Crippen MR) is 69.2 cm³/mol. The fourth-order valence-corrected chi connectivity index (χ4v) is 2.16. The Labute approximate surface area is 113 Å². The summed E-state index contributed by atoms with van der Waals surface area (Å²) < 4.78 is 37.4. The Morgan fingerprint density at radius 1 is 1.39 bits per heavy atom. The molecule has 0 spiro atoms. The van der Waals surface area contributed by atoms with Gasteiger partial charge in [-0.05, 0) is 24.7 Å². The van der Waals surface area contributed by atoms with Gasteiger partial charge < -0.3 is 5.73 Å². The van der Waals surface area contributed by atoms with Crippen molar-refractivity contribution in [3.63, 3.8) is 0 Å². The third-order valence-corrected chi connectivity index (χ3v) is 3.23. The van der Waals surface area contributed by atoms with E-state index in [1.165, 1.54) is 0 Å². The Morgan fingerprint density at radius 3 is 2.56 bits per heavy atom. The highest BCUT2D eigenvalue weighted by Crippen LogP contribution is 2.25. The minimum absolute atomic E-state index is 0.0577. The number of hydrogen-bond acceptors (Lipinski definition) is 2. The van der Waals surface area contributed by atoms with Crippen LogP contribution in [0.4, 0.5) is 13.2 Å². The molecule has 1 rings (SSSR count). The van der Waals surface area contributed by atoms with Crippen LogP contribution in [0.1, 0.15) is 18.0 Å². The third kappa shape index (κ3) is 4.96. The van der Waals surface area contributed by atoms with Gasteiger partial charge in [0.1, 0.15) is 0 Å². The van der Waals surface area contributed by atoms with Gasteiger partial charge in [-0.2, -0.15) is 13.2 Å². The molecule has 2 nitrogen and oxygen atoms in total. The van der Waals surface area contributed by atoms with E-state index in [-0.39, 0.29) is 19.1 Å². The van der Waals surface area contributed by atoms with E-state index < -0.39 is 12.6 Å². The zero-order valence-electron chi connectivity index (χ0n) is 10.0. The molecule has 0 aliphatic carbocycles. The molecule has 0 aliphatic rings. The summed E-state index contributed by atoms with van der Waals surface area (Å²) in [6.45, 7) is 0.225. The Hall–Kier alpha value is -0.590. The smallest absolute Gasteiger partial charge is 0.329 e. The standard InChI is InChI=1S/C12H16BrF3N2/c1-18(6-5-12(14,15)16)11(8-17)9-3-2-4-10(13)7-9/h2-4,7,11H,5-6,8,17H2,1H3. The number of alkyl halides is 3. The molecule has 0 fully saturated rings. The van der Waals surface area contributed by atoms with E-state index in [0.717, 1.165) is 10.0 Å². The van der Waals surface area contributed by atoms with Crippen molar-refractivity contribution in [2.75, 3.05) is 20.1 Å². The monoisotopic (exact) mass is 324 g/mol. The van der Waals surface area contributed by atoms with E-state index in [9.17, 15) is 13.2 Å². The molecule has 0 amide bonds. The Morgan fingerprint density at radius 2 is 2.06 bits per heavy atom. The lowest BCUT2D eigenvalue weighted by molar-refractivity contribution is -0.138. The molecule has 0 aliphatic heterocycles. The van der Waals surface area contributed by atoms with Crippen molar-refractivity contribution in [1.82, 2.24) is 4.90 Å². The first-order chi connectivity index (χ1) is 8.33. The maximum atomic E-state index is 12.2. The van der Waals surface area contributed by atoms with Gasteiger partial charge in [0, 0.05) is 23.6 Å². The molecule has 1 aromatic carbocycles. The van der Waals surface area contributed by atoms with Crippen LogP contribution in [0, 0.1) is 0 Å². The van der Waals surface area contributed by atoms with Crippen molar-refractivity contribution in [2.45, 2.75) is 18.6 Å². The largest absolute Gasteiger partial charge is 0.390 e. The van der Waals surface area contributed by atoms with Gasteiger partial charge >= 0.3 is 6.18 Å². The first-order valence-corrected chi connectivity index (χ1v) is 6.35. The van der Waals surface area contributed by atoms with E-state index in [4.69, 9.17) is 5.73 Å². The molecule has 0 aromatic heterocycles. The van der Waals surface area contributed by atoms with Crippen molar-refractivity contribution >= 4 is 15.9 Å². The normalized spacial score (nSPS) is 13.9. The second-order valence-corrected chi connectivity index (χ2v) is 5.07. The molecule has 1 unspecified atom stereocenters. The van der Waals surface area contributed by atoms with Crippen LogP contribution in [0.15, 0.2) is 28.7 Å². The van der Waals surface area contributed by atoms with Crippen molar-refractivity contribution < 1.29 is 13.2 Å². The molecule has 0 heterocycles. The summed E-state index contributed by atoms with van der Waals surface area (Å²) in [7, 11) is 1.66. The molecule has 0 bridgehead atoms. The van der Waals surface area contributed by atoms with Crippen molar-refractivity contribution in [3.8, 4) is 0 Å². The van der Waals surface area contributed by atoms with Crippen molar-refractivity contribution in [1.29, 1.82) is 0 Å². The highest BCUT2D eigenvalue weighted by Gasteiger charge is 2.28. The molecule has 1 atom stereocenters. The highest BCUT2D eigenvalue weighted by molar-refractivity contribution is 9.10. The van der Waals surface area contributed by atoms with E-state index in [2.05, 4.69) is 15.9 Å². The number of nitrogens with zero attached hydrogens (tertiary/aromatic N) is 1. The number of halogens is 4. The second-order valence-electron chi connectivity index (χ2n) is 4.15. The van der Waals surface area contributed by atoms with Crippen molar-refractivity contribution in [3.05, 3.63) is 34.3 Å². The quantitative estimate of drug-likeness (QED) is 0.900. The summed E-state index contributed by atoms with van der Waals surface area (Å²) in [6.07, 6.45) is -4.96. The average molecular weight is 325 g/mol. The molecule has 0 radical (unpaired) electrons. The zero-order valence-corrected chi connectivity index (χ0v) is 11.6. The molecule has 6 heteroatoms. The lowest BCUT2D eigenvalue weighted by atomic mass is 10.1. The van der Waals surface area contributed by atoms with Crippen LogP contribution in [0.2, 0.25) is 0 Å². The van der Waals surface area contributed by atoms with Gasteiger partial charge in [-0.15, -0.1) is 0 Å². The van der Waals surface area contributed by atoms with Crippen LogP contribution in [0.3, 0.4) is 0 Å². The van der Waals surface area contributed by atoms with Gasteiger partial charge in [0.15, 0.2) is 0 Å². The zero-order chi connectivity index (χ0) is 13.8. The number of nitrogens with two attached hydrogens (primary N) is 1. The molecule has 18 heavy (non-hydrogen) atoms. The average Bonchev–Trinajstić information content (AvgIpc) is 2.26. The minimum atomic E-state index is -4.13. The number of likely N-dealkylation sites (N-methyl/N-ethyl adjacent to an activating group) is 1. The molecular weight excluding hydrogens is 309 g/mol. The SMILES string of the molecule is CN(CCC(F)(F)F)C(CN)c1cccc(Br)c1. The third-order valence-electron chi connectivity index (χ3n) is 2.74. The Bertz CT molecular complexity index is 382. The summed E-state index contributed by atoms with van der Waals surface area (Å²) >= 11 is 3.34. The van der Waals surface area contributed by atoms with E-state index in [1.807, 2.05) is 24.3 Å². The number of rotatable bonds is 5. The number of hydrogen-bond donors (Lipinski definition) is 1. The highest BCUT2D eigenvalue weighted by atomic mass is 79.9. The fourth-order valence-electron chi connectivity index (χ4n) is 1.74. The van der Waals surface area contributed by atoms with E-state index in [1.54, 1.807) is 11.9 Å². The van der Waals surface area contributed by atoms with Gasteiger partial charge in [-0.25, -0.2) is 0 Å². The van der Waals surface area contributed by atoms with Crippen LogP contribution in [0.5, 0.6) is 0 Å². The van der Waals surface area contributed by atoms with Gasteiger partial charge in [0.2, 0.25) is 0 Å². The van der Waals surface area contributed by atoms with Gasteiger partial charge in [-0.1, -0.05) is 28.1 Å². The summed E-state index contributed by atoms with van der Waals surface area (Å²) in [5, 5.41) is 0. The first-order valence-electron chi connectivity index (χ1n) is 5.56. The van der Waals surface area contributed by atoms with Gasteiger partial charge in [0.05, 0.1) is 6.42 Å². The molecular formula is C12H16BrF3N2. The molecule has 1 aromatic rings. The fraction of sp³-hybridized carbons (Fsp3) is 0.500. The van der Waals surface area contributed by atoms with Gasteiger partial charge in [0.25, 0.3) is 0 Å². The maximum Gasteiger partial charge on any atom is 0.390 e. The Kier molecular flexibility index (Phi) is 5.62. The molecule has 0 saturated heterocycles. The lowest BCUT2D eigenvalue weighted by Gasteiger charge is -2.27. The summed E-state index contributed by atoms with van der Waals surface area (Å²) in [5.74, 6) is 0. The van der Waals surface area contributed by atoms with Crippen LogP contribution < -0.4 is 5.73 Å². The van der Waals surface area contributed by atoms with E-state index in [0.29, 0.717) is 0 Å². The first kappa shape index (κ1) is 15.5. The molecule has 2 N–H and O–H groups in total. The van der Waals surface area contributed by atoms with Crippen LogP contribution in [-0.2, 0) is 0 Å². The van der Waals surface area contributed by atoms with Gasteiger partial charge in [-0.3, -0.25) is 4.90 Å². The van der Waals surface area contributed by atoms with Crippen LogP contribution >= 0.6 is 15.9 Å². The second kappa shape index (κ2) is 6.54. The van der Waals surface area contributed by atoms with Crippen molar-refractivity contribution in [2.24, 2.45) is 5.73 Å². The minimum Gasteiger partial charge on any atom is -0.329 e. The maximum absolute atomic E-state index is 12.2. The Balaban J connectivity index is 2.71. The van der Waals surface area contributed by atoms with E-state index >= 15 is 0 Å². The number of benzene rings is 1. The molecule has 102 valence electrons. The summed E-state index contributed by atoms with van der Waals surface area (Å²) in [5.41, 5.74) is 6.57. The molecule has 0 saturated carbocycles. The topological polar surface area (TPSA) is 29.3 Å².